The summed E-state index contributed by atoms with van der Waals surface area (Å²) >= 11 is 1.47. The van der Waals surface area contributed by atoms with Crippen LogP contribution in [0.25, 0.3) is 0 Å². The predicted molar refractivity (Wildman–Crippen MR) is 127 cm³/mol. The van der Waals surface area contributed by atoms with Gasteiger partial charge in [-0.1, -0.05) is 24.3 Å². The number of rotatable bonds is 6. The summed E-state index contributed by atoms with van der Waals surface area (Å²) in [7, 11) is 0. The molecule has 1 aliphatic heterocycles. The Hall–Kier alpha value is -2.70. The van der Waals surface area contributed by atoms with E-state index in [9.17, 15) is 9.18 Å². The first-order valence-corrected chi connectivity index (χ1v) is 11.8. The molecule has 32 heavy (non-hydrogen) atoms. The van der Waals surface area contributed by atoms with Gasteiger partial charge in [0.25, 0.3) is 5.91 Å². The molecule has 4 rings (SSSR count). The van der Waals surface area contributed by atoms with E-state index in [1.807, 2.05) is 28.5 Å². The lowest BCUT2D eigenvalue weighted by Crippen LogP contribution is -2.48. The fraction of sp³-hybridized carbons (Fsp3) is 0.346. The van der Waals surface area contributed by atoms with Crippen molar-refractivity contribution >= 4 is 17.2 Å². The van der Waals surface area contributed by atoms with E-state index in [0.717, 1.165) is 34.8 Å². The minimum absolute atomic E-state index is 0.0642. The van der Waals surface area contributed by atoms with Gasteiger partial charge in [-0.3, -0.25) is 9.69 Å². The van der Waals surface area contributed by atoms with Gasteiger partial charge in [0.15, 0.2) is 0 Å². The highest BCUT2D eigenvalue weighted by Gasteiger charge is 2.23. The topological polar surface area (TPSA) is 32.8 Å². The van der Waals surface area contributed by atoms with E-state index in [2.05, 4.69) is 37.8 Å². The van der Waals surface area contributed by atoms with Gasteiger partial charge in [0.1, 0.15) is 18.2 Å². The van der Waals surface area contributed by atoms with Crippen LogP contribution in [0.15, 0.2) is 47.8 Å². The quantitative estimate of drug-likeness (QED) is 0.505. The van der Waals surface area contributed by atoms with Crippen molar-refractivity contribution in [3.63, 3.8) is 0 Å². The number of carbonyl (C=O) groups excluding carboxylic acids is 1. The van der Waals surface area contributed by atoms with Gasteiger partial charge >= 0.3 is 0 Å². The van der Waals surface area contributed by atoms with E-state index in [1.54, 1.807) is 6.07 Å². The van der Waals surface area contributed by atoms with Crippen molar-refractivity contribution in [3.8, 4) is 5.75 Å². The maximum atomic E-state index is 13.9. The second-order valence-corrected chi connectivity index (χ2v) is 9.38. The van der Waals surface area contributed by atoms with E-state index in [-0.39, 0.29) is 11.7 Å². The Balaban J connectivity index is 1.31. The number of halogens is 1. The molecule has 168 valence electrons. The average molecular weight is 453 g/mol. The summed E-state index contributed by atoms with van der Waals surface area (Å²) in [5.74, 6) is 0.789. The lowest BCUT2D eigenvalue weighted by molar-refractivity contribution is 0.0631. The van der Waals surface area contributed by atoms with Gasteiger partial charge in [0.05, 0.1) is 4.88 Å². The number of hydrogen-bond acceptors (Lipinski definition) is 4. The fourth-order valence-electron chi connectivity index (χ4n) is 4.01. The molecule has 4 nitrogen and oxygen atoms in total. The lowest BCUT2D eigenvalue weighted by Gasteiger charge is -2.34. The summed E-state index contributed by atoms with van der Waals surface area (Å²) in [6.45, 7) is 10.0. The van der Waals surface area contributed by atoms with Crippen LogP contribution in [0.5, 0.6) is 5.75 Å². The van der Waals surface area contributed by atoms with Crippen molar-refractivity contribution in [1.82, 2.24) is 9.80 Å². The number of hydrogen-bond donors (Lipinski definition) is 0. The lowest BCUT2D eigenvalue weighted by atomic mass is 10.1. The third-order valence-corrected chi connectivity index (χ3v) is 7.00. The molecule has 6 heteroatoms. The molecule has 3 aromatic rings. The zero-order valence-electron chi connectivity index (χ0n) is 18.9. The van der Waals surface area contributed by atoms with Crippen LogP contribution in [0.1, 0.15) is 37.5 Å². The second kappa shape index (κ2) is 9.84. The minimum atomic E-state index is -0.171. The summed E-state index contributed by atoms with van der Waals surface area (Å²) in [6, 6.07) is 13.0. The Labute approximate surface area is 193 Å². The number of amides is 1. The Morgan fingerprint density at radius 2 is 1.81 bits per heavy atom. The molecule has 0 bridgehead atoms. The highest BCUT2D eigenvalue weighted by Crippen LogP contribution is 2.25. The zero-order valence-corrected chi connectivity index (χ0v) is 19.7. The van der Waals surface area contributed by atoms with Crippen LogP contribution < -0.4 is 4.74 Å². The molecule has 0 aliphatic carbocycles. The van der Waals surface area contributed by atoms with E-state index in [4.69, 9.17) is 4.74 Å². The largest absolute Gasteiger partial charge is 0.489 e. The van der Waals surface area contributed by atoms with Gasteiger partial charge < -0.3 is 9.64 Å². The standard InChI is InChI=1S/C26H29FN2O2S/c1-18-12-19(2)20(3)24(13-18)31-16-21-14-25(32-17-21)26(30)29-10-8-28(9-11-29)15-22-6-4-5-7-23(22)27/h4-7,12-14,17H,8-11,15-16H2,1-3H3. The van der Waals surface area contributed by atoms with E-state index < -0.39 is 0 Å². The molecule has 0 N–H and O–H groups in total. The van der Waals surface area contributed by atoms with Crippen LogP contribution in [0.3, 0.4) is 0 Å². The molecule has 0 radical (unpaired) electrons. The smallest absolute Gasteiger partial charge is 0.264 e. The SMILES string of the molecule is Cc1cc(C)c(C)c(OCc2csc(C(=O)N3CCN(Cc4ccccc4F)CC3)c2)c1. The molecule has 1 fully saturated rings. The van der Waals surface area contributed by atoms with Crippen molar-refractivity contribution in [1.29, 1.82) is 0 Å². The van der Waals surface area contributed by atoms with E-state index >= 15 is 0 Å². The second-order valence-electron chi connectivity index (χ2n) is 8.47. The van der Waals surface area contributed by atoms with Gasteiger partial charge in [0.2, 0.25) is 0 Å². The number of benzene rings is 2. The highest BCUT2D eigenvalue weighted by atomic mass is 32.1. The molecule has 1 saturated heterocycles. The molecular weight excluding hydrogens is 423 g/mol. The summed E-state index contributed by atoms with van der Waals surface area (Å²) in [4.78, 5) is 17.8. The monoisotopic (exact) mass is 452 g/mol. The minimum Gasteiger partial charge on any atom is -0.489 e. The molecule has 2 heterocycles. The number of aryl methyl sites for hydroxylation is 2. The van der Waals surface area contributed by atoms with Gasteiger partial charge in [-0.15, -0.1) is 11.3 Å². The Morgan fingerprint density at radius 1 is 1.06 bits per heavy atom. The Morgan fingerprint density at radius 3 is 2.56 bits per heavy atom. The zero-order chi connectivity index (χ0) is 22.7. The number of nitrogens with zero attached hydrogens (tertiary/aromatic N) is 2. The van der Waals surface area contributed by atoms with Crippen molar-refractivity contribution in [2.24, 2.45) is 0 Å². The van der Waals surface area contributed by atoms with Gasteiger partial charge in [-0.25, -0.2) is 4.39 Å². The maximum absolute atomic E-state index is 13.9. The van der Waals surface area contributed by atoms with Crippen LogP contribution >= 0.6 is 11.3 Å². The maximum Gasteiger partial charge on any atom is 0.264 e. The Bertz CT molecular complexity index is 1100. The normalized spacial score (nSPS) is 14.6. The van der Waals surface area contributed by atoms with E-state index in [0.29, 0.717) is 31.8 Å². The molecule has 2 aromatic carbocycles. The molecule has 0 atom stereocenters. The first-order valence-electron chi connectivity index (χ1n) is 10.9. The number of ether oxygens (including phenoxy) is 1. The molecule has 0 spiro atoms. The van der Waals surface area contributed by atoms with Crippen LogP contribution in [0.2, 0.25) is 0 Å². The highest BCUT2D eigenvalue weighted by molar-refractivity contribution is 7.12. The number of piperazine rings is 1. The third-order valence-electron chi connectivity index (χ3n) is 6.03. The third kappa shape index (κ3) is 5.19. The van der Waals surface area contributed by atoms with Gasteiger partial charge in [0, 0.05) is 43.9 Å². The summed E-state index contributed by atoms with van der Waals surface area (Å²) in [5.41, 5.74) is 5.26. The first-order chi connectivity index (χ1) is 15.4. The van der Waals surface area contributed by atoms with Gasteiger partial charge in [-0.2, -0.15) is 0 Å². The van der Waals surface area contributed by atoms with Crippen LogP contribution in [0, 0.1) is 26.6 Å². The number of carbonyl (C=O) groups is 1. The van der Waals surface area contributed by atoms with Crippen molar-refractivity contribution in [2.45, 2.75) is 33.9 Å². The van der Waals surface area contributed by atoms with Crippen molar-refractivity contribution < 1.29 is 13.9 Å². The number of thiophene rings is 1. The molecule has 0 saturated carbocycles. The van der Waals surface area contributed by atoms with Crippen LogP contribution in [-0.4, -0.2) is 41.9 Å². The van der Waals surface area contributed by atoms with Crippen molar-refractivity contribution in [3.05, 3.63) is 86.4 Å². The summed E-state index contributed by atoms with van der Waals surface area (Å²) in [6.07, 6.45) is 0. The first kappa shape index (κ1) is 22.5. The predicted octanol–water partition coefficient (Wildman–Crippen LogP) is 5.35. The van der Waals surface area contributed by atoms with Crippen LogP contribution in [0.4, 0.5) is 4.39 Å². The Kier molecular flexibility index (Phi) is 6.92. The molecule has 1 amide bonds. The van der Waals surface area contributed by atoms with Gasteiger partial charge in [-0.05, 0) is 61.0 Å². The van der Waals surface area contributed by atoms with E-state index in [1.165, 1.54) is 28.5 Å². The summed E-state index contributed by atoms with van der Waals surface area (Å²) in [5, 5.41) is 2.00. The van der Waals surface area contributed by atoms with Crippen LogP contribution in [-0.2, 0) is 13.2 Å². The molecule has 1 aliphatic rings. The van der Waals surface area contributed by atoms with Crippen molar-refractivity contribution in [2.75, 3.05) is 26.2 Å². The average Bonchev–Trinajstić information content (AvgIpc) is 3.26. The fourth-order valence-corrected chi connectivity index (χ4v) is 4.87. The molecule has 0 unspecified atom stereocenters. The summed E-state index contributed by atoms with van der Waals surface area (Å²) < 4.78 is 20.0. The molecular formula is C26H29FN2O2S. The molecule has 1 aromatic heterocycles.